The van der Waals surface area contributed by atoms with Crippen LogP contribution in [0.4, 0.5) is 10.2 Å². The number of carbonyl (C=O) groups is 1. The minimum atomic E-state index is -1.04. The third-order valence-electron chi connectivity index (χ3n) is 4.86. The fraction of sp³-hybridized carbons (Fsp3) is 0.273. The van der Waals surface area contributed by atoms with Gasteiger partial charge in [-0.1, -0.05) is 13.3 Å². The van der Waals surface area contributed by atoms with Gasteiger partial charge in [0.1, 0.15) is 17.4 Å². The van der Waals surface area contributed by atoms with Crippen LogP contribution in [-0.2, 0) is 22.3 Å². The van der Waals surface area contributed by atoms with E-state index in [0.717, 1.165) is 18.4 Å². The van der Waals surface area contributed by atoms with E-state index in [1.165, 1.54) is 12.1 Å². The van der Waals surface area contributed by atoms with Gasteiger partial charge < -0.3 is 10.1 Å². The number of benzene rings is 2. The molecule has 1 unspecified atom stereocenters. The maximum atomic E-state index is 13.3. The number of hydrogen-bond acceptors (Lipinski definition) is 4. The number of anilines is 1. The standard InChI is InChI=1S/C22H22FN3O3S/c1-2-3-12-29-18-10-4-15(5-11-18)22(27)24-21-19-13-30(28)14-20(19)25-26(21)17-8-6-16(23)7-9-17/h4-11H,2-3,12-14H2,1H3,(H,24,27). The Labute approximate surface area is 176 Å². The Morgan fingerprint density at radius 2 is 1.90 bits per heavy atom. The van der Waals surface area contributed by atoms with Crippen LogP contribution in [0.25, 0.3) is 5.69 Å². The fourth-order valence-corrected chi connectivity index (χ4v) is 4.51. The molecule has 1 aliphatic heterocycles. The molecule has 30 heavy (non-hydrogen) atoms. The number of amides is 1. The van der Waals surface area contributed by atoms with Crippen LogP contribution in [0, 0.1) is 5.82 Å². The second-order valence-corrected chi connectivity index (χ2v) is 8.53. The summed E-state index contributed by atoms with van der Waals surface area (Å²) in [5, 5.41) is 7.42. The van der Waals surface area contributed by atoms with Gasteiger partial charge in [-0.15, -0.1) is 0 Å². The lowest BCUT2D eigenvalue weighted by molar-refractivity contribution is 0.102. The molecule has 0 spiro atoms. The second kappa shape index (κ2) is 8.79. The number of hydrogen-bond donors (Lipinski definition) is 1. The Morgan fingerprint density at radius 1 is 1.17 bits per heavy atom. The first kappa shape index (κ1) is 20.3. The van der Waals surface area contributed by atoms with Crippen molar-refractivity contribution in [3.8, 4) is 11.4 Å². The first-order valence-corrected chi connectivity index (χ1v) is 11.3. The molecule has 1 aromatic heterocycles. The van der Waals surface area contributed by atoms with Crippen LogP contribution in [0.5, 0.6) is 5.75 Å². The summed E-state index contributed by atoms with van der Waals surface area (Å²) in [6.07, 6.45) is 2.03. The largest absolute Gasteiger partial charge is 0.494 e. The van der Waals surface area contributed by atoms with Crippen molar-refractivity contribution < 1.29 is 18.1 Å². The summed E-state index contributed by atoms with van der Waals surface area (Å²) in [6.45, 7) is 2.74. The molecule has 0 aliphatic carbocycles. The van der Waals surface area contributed by atoms with Gasteiger partial charge in [-0.2, -0.15) is 5.10 Å². The number of ether oxygens (including phenoxy) is 1. The van der Waals surface area contributed by atoms with Crippen molar-refractivity contribution in [1.82, 2.24) is 9.78 Å². The molecule has 0 saturated carbocycles. The number of rotatable bonds is 7. The number of nitrogens with one attached hydrogen (secondary N) is 1. The Morgan fingerprint density at radius 3 is 2.60 bits per heavy atom. The Kier molecular flexibility index (Phi) is 5.94. The van der Waals surface area contributed by atoms with Crippen LogP contribution in [0.1, 0.15) is 41.4 Å². The molecule has 0 radical (unpaired) electrons. The summed E-state index contributed by atoms with van der Waals surface area (Å²) in [4.78, 5) is 12.9. The fourth-order valence-electron chi connectivity index (χ4n) is 3.24. The van der Waals surface area contributed by atoms with E-state index in [0.29, 0.717) is 46.6 Å². The van der Waals surface area contributed by atoms with Crippen LogP contribution < -0.4 is 10.1 Å². The summed E-state index contributed by atoms with van der Waals surface area (Å²) in [7, 11) is -1.04. The number of unbranched alkanes of at least 4 members (excludes halogenated alkanes) is 1. The van der Waals surface area contributed by atoms with Crippen molar-refractivity contribution >= 4 is 22.5 Å². The molecule has 2 aromatic carbocycles. The first-order chi connectivity index (χ1) is 14.5. The molecule has 1 atom stereocenters. The number of halogens is 1. The Bertz CT molecular complexity index is 1080. The van der Waals surface area contributed by atoms with E-state index in [-0.39, 0.29) is 11.7 Å². The highest BCUT2D eigenvalue weighted by Crippen LogP contribution is 2.31. The monoisotopic (exact) mass is 427 g/mol. The lowest BCUT2D eigenvalue weighted by Crippen LogP contribution is -2.16. The second-order valence-electron chi connectivity index (χ2n) is 7.07. The van der Waals surface area contributed by atoms with E-state index < -0.39 is 10.8 Å². The number of carbonyl (C=O) groups excluding carboxylic acids is 1. The van der Waals surface area contributed by atoms with Crippen LogP contribution in [0.15, 0.2) is 48.5 Å². The number of nitrogens with zero attached hydrogens (tertiary/aromatic N) is 2. The molecule has 8 heteroatoms. The molecule has 1 amide bonds. The van der Waals surface area contributed by atoms with Crippen LogP contribution in [0.2, 0.25) is 0 Å². The Hall–Kier alpha value is -3.00. The average Bonchev–Trinajstić information content (AvgIpc) is 3.26. The van der Waals surface area contributed by atoms with Crippen LogP contribution in [-0.4, -0.2) is 26.5 Å². The van der Waals surface area contributed by atoms with E-state index in [4.69, 9.17) is 4.74 Å². The molecular formula is C22H22FN3O3S. The third-order valence-corrected chi connectivity index (χ3v) is 6.06. The molecule has 3 aromatic rings. The zero-order valence-corrected chi connectivity index (χ0v) is 17.4. The SMILES string of the molecule is CCCCOc1ccc(C(=O)Nc2c3c(nn2-c2ccc(F)cc2)CS(=O)C3)cc1. The minimum Gasteiger partial charge on any atom is -0.494 e. The number of fused-ring (bicyclic) bond motifs is 1. The molecular weight excluding hydrogens is 405 g/mol. The number of aromatic nitrogens is 2. The van der Waals surface area contributed by atoms with Gasteiger partial charge in [-0.05, 0) is 55.0 Å². The van der Waals surface area contributed by atoms with Gasteiger partial charge >= 0.3 is 0 Å². The predicted octanol–water partition coefficient (Wildman–Crippen LogP) is 4.20. The maximum absolute atomic E-state index is 13.3. The van der Waals surface area contributed by atoms with E-state index in [1.54, 1.807) is 41.1 Å². The normalized spacial score (nSPS) is 15.1. The summed E-state index contributed by atoms with van der Waals surface area (Å²) in [5.74, 6) is 1.20. The van der Waals surface area contributed by atoms with Crippen LogP contribution >= 0.6 is 0 Å². The van der Waals surface area contributed by atoms with Crippen LogP contribution in [0.3, 0.4) is 0 Å². The molecule has 6 nitrogen and oxygen atoms in total. The summed E-state index contributed by atoms with van der Waals surface area (Å²) < 4.78 is 32.5. The van der Waals surface area contributed by atoms with Gasteiger partial charge in [0.15, 0.2) is 0 Å². The quantitative estimate of drug-likeness (QED) is 0.574. The summed E-state index contributed by atoms with van der Waals surface area (Å²) in [5.41, 5.74) is 2.53. The van der Waals surface area contributed by atoms with Crippen molar-refractivity contribution in [1.29, 1.82) is 0 Å². The molecule has 4 rings (SSSR count). The van der Waals surface area contributed by atoms with E-state index in [2.05, 4.69) is 17.3 Å². The van der Waals surface area contributed by atoms with Crippen molar-refractivity contribution in [3.63, 3.8) is 0 Å². The van der Waals surface area contributed by atoms with Gasteiger partial charge in [0.25, 0.3) is 5.91 Å². The van der Waals surface area contributed by atoms with Gasteiger partial charge in [-0.3, -0.25) is 9.00 Å². The highest BCUT2D eigenvalue weighted by Gasteiger charge is 2.28. The van der Waals surface area contributed by atoms with Crippen molar-refractivity contribution in [2.75, 3.05) is 11.9 Å². The van der Waals surface area contributed by atoms with Gasteiger partial charge in [-0.25, -0.2) is 9.07 Å². The Balaban J connectivity index is 1.58. The van der Waals surface area contributed by atoms with E-state index >= 15 is 0 Å². The molecule has 0 bridgehead atoms. The molecule has 156 valence electrons. The first-order valence-electron chi connectivity index (χ1n) is 9.81. The highest BCUT2D eigenvalue weighted by molar-refractivity contribution is 7.83. The van der Waals surface area contributed by atoms with E-state index in [1.807, 2.05) is 0 Å². The zero-order valence-electron chi connectivity index (χ0n) is 16.6. The van der Waals surface area contributed by atoms with Gasteiger partial charge in [0, 0.05) is 21.9 Å². The van der Waals surface area contributed by atoms with E-state index in [9.17, 15) is 13.4 Å². The van der Waals surface area contributed by atoms with Crippen molar-refractivity contribution in [2.45, 2.75) is 31.3 Å². The van der Waals surface area contributed by atoms with Gasteiger partial charge in [0.05, 0.1) is 29.5 Å². The van der Waals surface area contributed by atoms with Gasteiger partial charge in [0.2, 0.25) is 0 Å². The van der Waals surface area contributed by atoms with Crippen molar-refractivity contribution in [3.05, 3.63) is 71.2 Å². The smallest absolute Gasteiger partial charge is 0.256 e. The van der Waals surface area contributed by atoms with Crippen molar-refractivity contribution in [2.24, 2.45) is 0 Å². The molecule has 2 heterocycles. The topological polar surface area (TPSA) is 73.2 Å². The molecule has 1 N–H and O–H groups in total. The molecule has 0 saturated heterocycles. The summed E-state index contributed by atoms with van der Waals surface area (Å²) in [6, 6.07) is 12.8. The lowest BCUT2D eigenvalue weighted by Gasteiger charge is -2.12. The summed E-state index contributed by atoms with van der Waals surface area (Å²) >= 11 is 0. The molecule has 1 aliphatic rings. The average molecular weight is 428 g/mol. The zero-order chi connectivity index (χ0) is 21.1. The molecule has 0 fully saturated rings. The highest BCUT2D eigenvalue weighted by atomic mass is 32.2. The predicted molar refractivity (Wildman–Crippen MR) is 114 cm³/mol. The maximum Gasteiger partial charge on any atom is 0.256 e. The minimum absolute atomic E-state index is 0.307. The third kappa shape index (κ3) is 4.28. The lowest BCUT2D eigenvalue weighted by atomic mass is 10.2.